The number of hydrogen-bond acceptors (Lipinski definition) is 3. The number of carbonyl (C=O) groups is 1. The Hall–Kier alpha value is -0.220. The molecule has 0 saturated heterocycles. The van der Waals surface area contributed by atoms with E-state index in [-0.39, 0.29) is 5.91 Å². The number of rotatable bonds is 7. The lowest BCUT2D eigenvalue weighted by molar-refractivity contribution is -0.129. The summed E-state index contributed by atoms with van der Waals surface area (Å²) in [5, 5.41) is 3.02. The minimum atomic E-state index is 0.246. The molecule has 0 spiro atoms. The highest BCUT2D eigenvalue weighted by Gasteiger charge is 2.06. The molecule has 0 atom stereocenters. The highest BCUT2D eigenvalue weighted by atomic mass is 32.2. The van der Waals surface area contributed by atoms with Gasteiger partial charge in [0.25, 0.3) is 0 Å². The summed E-state index contributed by atoms with van der Waals surface area (Å²) in [7, 11) is 3.75. The summed E-state index contributed by atoms with van der Waals surface area (Å²) in [6, 6.07) is 0. The first-order valence-corrected chi connectivity index (χ1v) is 5.84. The summed E-state index contributed by atoms with van der Waals surface area (Å²) >= 11 is 1.81. The van der Waals surface area contributed by atoms with Gasteiger partial charge >= 0.3 is 0 Å². The SMILES string of the molecule is CCSCCC(=O)N(C)CCNC. The largest absolute Gasteiger partial charge is 0.344 e. The van der Waals surface area contributed by atoms with Crippen molar-refractivity contribution in [2.75, 3.05) is 38.7 Å². The number of hydrogen-bond donors (Lipinski definition) is 1. The number of carbonyl (C=O) groups excluding carboxylic acids is 1. The maximum atomic E-state index is 11.4. The molecular weight excluding hydrogens is 184 g/mol. The van der Waals surface area contributed by atoms with Crippen molar-refractivity contribution >= 4 is 17.7 Å². The van der Waals surface area contributed by atoms with Gasteiger partial charge in [-0.3, -0.25) is 4.79 Å². The van der Waals surface area contributed by atoms with Crippen molar-refractivity contribution in [2.45, 2.75) is 13.3 Å². The van der Waals surface area contributed by atoms with Crippen LogP contribution in [-0.2, 0) is 4.79 Å². The summed E-state index contributed by atoms with van der Waals surface area (Å²) in [6.07, 6.45) is 0.665. The van der Waals surface area contributed by atoms with Gasteiger partial charge in [-0.15, -0.1) is 0 Å². The first kappa shape index (κ1) is 12.8. The third kappa shape index (κ3) is 6.90. The third-order valence-electron chi connectivity index (χ3n) is 1.79. The monoisotopic (exact) mass is 204 g/mol. The molecule has 4 heteroatoms. The number of nitrogens with one attached hydrogen (secondary N) is 1. The Kier molecular flexibility index (Phi) is 8.24. The lowest BCUT2D eigenvalue weighted by Gasteiger charge is -2.16. The molecule has 0 radical (unpaired) electrons. The summed E-state index contributed by atoms with van der Waals surface area (Å²) in [4.78, 5) is 13.2. The number of nitrogens with zero attached hydrogens (tertiary/aromatic N) is 1. The van der Waals surface area contributed by atoms with Crippen molar-refractivity contribution in [1.82, 2.24) is 10.2 Å². The van der Waals surface area contributed by atoms with Crippen LogP contribution in [0.2, 0.25) is 0 Å². The fourth-order valence-electron chi connectivity index (χ4n) is 0.899. The predicted molar refractivity (Wildman–Crippen MR) is 59.2 cm³/mol. The van der Waals surface area contributed by atoms with Crippen molar-refractivity contribution in [3.63, 3.8) is 0 Å². The summed E-state index contributed by atoms with van der Waals surface area (Å²) in [6.45, 7) is 3.77. The maximum absolute atomic E-state index is 11.4. The zero-order chi connectivity index (χ0) is 10.1. The first-order valence-electron chi connectivity index (χ1n) is 4.68. The van der Waals surface area contributed by atoms with E-state index >= 15 is 0 Å². The molecule has 0 aliphatic heterocycles. The van der Waals surface area contributed by atoms with Gasteiger partial charge < -0.3 is 10.2 Å². The van der Waals surface area contributed by atoms with Gasteiger partial charge in [0.05, 0.1) is 0 Å². The molecule has 0 rings (SSSR count). The molecule has 0 saturated carbocycles. The van der Waals surface area contributed by atoms with Gasteiger partial charge in [0.15, 0.2) is 0 Å². The zero-order valence-corrected chi connectivity index (χ0v) is 9.62. The number of amides is 1. The minimum Gasteiger partial charge on any atom is -0.344 e. The van der Waals surface area contributed by atoms with Crippen LogP contribution in [0.4, 0.5) is 0 Å². The molecule has 1 N–H and O–H groups in total. The second-order valence-electron chi connectivity index (χ2n) is 2.87. The van der Waals surface area contributed by atoms with E-state index in [1.807, 2.05) is 25.9 Å². The van der Waals surface area contributed by atoms with Gasteiger partial charge in [0, 0.05) is 32.3 Å². The molecule has 0 heterocycles. The standard InChI is InChI=1S/C9H20N2OS/c1-4-13-8-5-9(12)11(3)7-6-10-2/h10H,4-8H2,1-3H3. The van der Waals surface area contributed by atoms with Gasteiger partial charge in [-0.05, 0) is 12.8 Å². The third-order valence-corrected chi connectivity index (χ3v) is 2.69. The molecule has 78 valence electrons. The Balaban J connectivity index is 3.45. The summed E-state index contributed by atoms with van der Waals surface area (Å²) < 4.78 is 0. The topological polar surface area (TPSA) is 32.3 Å². The van der Waals surface area contributed by atoms with E-state index in [9.17, 15) is 4.79 Å². The zero-order valence-electron chi connectivity index (χ0n) is 8.80. The van der Waals surface area contributed by atoms with Crippen molar-refractivity contribution < 1.29 is 4.79 Å². The Labute approximate surface area is 85.3 Å². The minimum absolute atomic E-state index is 0.246. The van der Waals surface area contributed by atoms with E-state index in [0.29, 0.717) is 6.42 Å². The molecule has 13 heavy (non-hydrogen) atoms. The lowest BCUT2D eigenvalue weighted by Crippen LogP contribution is -2.32. The van der Waals surface area contributed by atoms with Crippen LogP contribution in [0.5, 0.6) is 0 Å². The second kappa shape index (κ2) is 8.38. The van der Waals surface area contributed by atoms with E-state index in [2.05, 4.69) is 12.2 Å². The molecule has 0 aromatic heterocycles. The van der Waals surface area contributed by atoms with Gasteiger partial charge in [0.1, 0.15) is 0 Å². The number of thioether (sulfide) groups is 1. The maximum Gasteiger partial charge on any atom is 0.223 e. The van der Waals surface area contributed by atoms with Crippen LogP contribution in [0.15, 0.2) is 0 Å². The molecule has 0 aromatic carbocycles. The van der Waals surface area contributed by atoms with E-state index in [4.69, 9.17) is 0 Å². The molecule has 1 amide bonds. The average Bonchev–Trinajstić information content (AvgIpc) is 2.14. The van der Waals surface area contributed by atoms with Crippen molar-refractivity contribution in [1.29, 1.82) is 0 Å². The predicted octanol–water partition coefficient (Wildman–Crippen LogP) is 0.807. The fourth-order valence-corrected chi connectivity index (χ4v) is 1.51. The quantitative estimate of drug-likeness (QED) is 0.623. The summed E-state index contributed by atoms with van der Waals surface area (Å²) in [5.74, 6) is 2.28. The van der Waals surface area contributed by atoms with E-state index < -0.39 is 0 Å². The van der Waals surface area contributed by atoms with Crippen LogP contribution < -0.4 is 5.32 Å². The lowest BCUT2D eigenvalue weighted by atomic mass is 10.4. The van der Waals surface area contributed by atoms with Crippen LogP contribution in [0.25, 0.3) is 0 Å². The van der Waals surface area contributed by atoms with Gasteiger partial charge in [-0.2, -0.15) is 11.8 Å². The molecular formula is C9H20N2OS. The highest BCUT2D eigenvalue weighted by molar-refractivity contribution is 7.99. The van der Waals surface area contributed by atoms with Gasteiger partial charge in [-0.25, -0.2) is 0 Å². The van der Waals surface area contributed by atoms with Crippen LogP contribution >= 0.6 is 11.8 Å². The Bertz CT molecular complexity index is 142. The van der Waals surface area contributed by atoms with Crippen LogP contribution in [0.3, 0.4) is 0 Å². The smallest absolute Gasteiger partial charge is 0.223 e. The van der Waals surface area contributed by atoms with Crippen molar-refractivity contribution in [2.24, 2.45) is 0 Å². The van der Waals surface area contributed by atoms with Gasteiger partial charge in [0.2, 0.25) is 5.91 Å². The molecule has 0 bridgehead atoms. The first-order chi connectivity index (χ1) is 6.22. The van der Waals surface area contributed by atoms with Crippen LogP contribution in [0, 0.1) is 0 Å². The molecule has 0 aromatic rings. The molecule has 0 aliphatic carbocycles. The van der Waals surface area contributed by atoms with E-state index in [1.165, 1.54) is 0 Å². The average molecular weight is 204 g/mol. The molecule has 0 fully saturated rings. The fraction of sp³-hybridized carbons (Fsp3) is 0.889. The molecule has 0 aliphatic rings. The Morgan fingerprint density at radius 1 is 1.54 bits per heavy atom. The van der Waals surface area contributed by atoms with E-state index in [1.54, 1.807) is 4.90 Å². The molecule has 3 nitrogen and oxygen atoms in total. The Morgan fingerprint density at radius 2 is 2.23 bits per heavy atom. The highest BCUT2D eigenvalue weighted by Crippen LogP contribution is 2.02. The van der Waals surface area contributed by atoms with E-state index in [0.717, 1.165) is 24.6 Å². The molecule has 0 unspecified atom stereocenters. The normalized spacial score (nSPS) is 10.1. The van der Waals surface area contributed by atoms with Gasteiger partial charge in [-0.1, -0.05) is 6.92 Å². The second-order valence-corrected chi connectivity index (χ2v) is 4.26. The number of likely N-dealkylation sites (N-methyl/N-ethyl adjacent to an activating group) is 2. The van der Waals surface area contributed by atoms with Crippen molar-refractivity contribution in [3.05, 3.63) is 0 Å². The van der Waals surface area contributed by atoms with Crippen LogP contribution in [0.1, 0.15) is 13.3 Å². The van der Waals surface area contributed by atoms with Crippen LogP contribution in [-0.4, -0.2) is 49.5 Å². The summed E-state index contributed by atoms with van der Waals surface area (Å²) in [5.41, 5.74) is 0. The Morgan fingerprint density at radius 3 is 2.77 bits per heavy atom. The van der Waals surface area contributed by atoms with Crippen molar-refractivity contribution in [3.8, 4) is 0 Å².